The molecule has 0 fully saturated rings. The Labute approximate surface area is 158 Å². The summed E-state index contributed by atoms with van der Waals surface area (Å²) >= 11 is 1.20. The molecule has 0 bridgehead atoms. The van der Waals surface area contributed by atoms with Gasteiger partial charge in [-0.3, -0.25) is 4.57 Å². The number of carbonyl (C=O) groups is 1. The highest BCUT2D eigenvalue weighted by Crippen LogP contribution is 2.49. The van der Waals surface area contributed by atoms with Crippen LogP contribution in [-0.2, 0) is 14.5 Å². The largest absolute Gasteiger partial charge is 0.477 e. The number of rotatable bonds is 6. The standard InChI is InChI=1S/C19H26NO4PS/c1-7-24-25(23,15-9-8-12(2)10-13(15)3)20-14-11-16(19(4,5)6)26-17(14)18(21)22/h8-11H,7H2,1-6H3,(H,20,23)(H,21,22). The number of nitrogens with one attached hydrogen (secondary N) is 1. The quantitative estimate of drug-likeness (QED) is 0.647. The van der Waals surface area contributed by atoms with Crippen LogP contribution in [0.15, 0.2) is 24.3 Å². The number of anilines is 1. The molecule has 2 aromatic rings. The lowest BCUT2D eigenvalue weighted by Crippen LogP contribution is -2.18. The predicted octanol–water partition coefficient (Wildman–Crippen LogP) is 5.33. The number of carboxylic acid groups (broad SMARTS) is 1. The van der Waals surface area contributed by atoms with Gasteiger partial charge in [-0.1, -0.05) is 38.5 Å². The van der Waals surface area contributed by atoms with Gasteiger partial charge in [0.25, 0.3) is 0 Å². The van der Waals surface area contributed by atoms with Crippen LogP contribution in [0.1, 0.15) is 53.4 Å². The minimum atomic E-state index is -3.46. The number of aryl methyl sites for hydroxylation is 2. The van der Waals surface area contributed by atoms with Gasteiger partial charge in [-0.2, -0.15) is 0 Å². The van der Waals surface area contributed by atoms with Crippen LogP contribution in [0.25, 0.3) is 0 Å². The van der Waals surface area contributed by atoms with E-state index in [2.05, 4.69) is 5.09 Å². The summed E-state index contributed by atoms with van der Waals surface area (Å²) in [6, 6.07) is 7.37. The van der Waals surface area contributed by atoms with Crippen molar-refractivity contribution in [2.75, 3.05) is 11.7 Å². The van der Waals surface area contributed by atoms with Crippen molar-refractivity contribution in [3.63, 3.8) is 0 Å². The molecular weight excluding hydrogens is 369 g/mol. The van der Waals surface area contributed by atoms with Crippen LogP contribution < -0.4 is 10.4 Å². The summed E-state index contributed by atoms with van der Waals surface area (Å²) in [5.41, 5.74) is 2.04. The van der Waals surface area contributed by atoms with Gasteiger partial charge in [0.15, 0.2) is 0 Å². The fourth-order valence-corrected chi connectivity index (χ4v) is 5.71. The molecule has 0 amide bonds. The van der Waals surface area contributed by atoms with Crippen LogP contribution in [0.2, 0.25) is 0 Å². The second kappa shape index (κ2) is 7.55. The summed E-state index contributed by atoms with van der Waals surface area (Å²) in [6.07, 6.45) is 0. The number of aromatic carboxylic acids is 1. The van der Waals surface area contributed by atoms with Gasteiger partial charge in [-0.05, 0) is 43.9 Å². The van der Waals surface area contributed by atoms with Gasteiger partial charge in [0.1, 0.15) is 4.88 Å². The molecule has 26 heavy (non-hydrogen) atoms. The van der Waals surface area contributed by atoms with Gasteiger partial charge in [0, 0.05) is 4.88 Å². The van der Waals surface area contributed by atoms with Crippen LogP contribution in [-0.4, -0.2) is 17.7 Å². The second-order valence-corrected chi connectivity index (χ2v) is 10.4. The summed E-state index contributed by atoms with van der Waals surface area (Å²) in [6.45, 7) is 11.9. The van der Waals surface area contributed by atoms with Crippen LogP contribution in [0.4, 0.5) is 5.69 Å². The van der Waals surface area contributed by atoms with E-state index in [4.69, 9.17) is 4.52 Å². The van der Waals surface area contributed by atoms with Gasteiger partial charge in [-0.25, -0.2) is 4.79 Å². The molecule has 0 radical (unpaired) electrons. The average molecular weight is 395 g/mol. The third-order valence-electron chi connectivity index (χ3n) is 3.91. The highest BCUT2D eigenvalue weighted by Gasteiger charge is 2.31. The SMILES string of the molecule is CCOP(=O)(Nc1cc(C(C)(C)C)sc1C(=O)O)c1ccc(C)cc1C. The molecule has 0 saturated carbocycles. The molecular formula is C19H26NO4PS. The van der Waals surface area contributed by atoms with Crippen molar-refractivity contribution in [1.82, 2.24) is 0 Å². The van der Waals surface area contributed by atoms with E-state index in [-0.39, 0.29) is 16.9 Å². The Bertz CT molecular complexity index is 867. The number of benzene rings is 1. The van der Waals surface area contributed by atoms with Crippen molar-refractivity contribution in [3.05, 3.63) is 45.1 Å². The Morgan fingerprint density at radius 2 is 1.92 bits per heavy atom. The molecule has 2 rings (SSSR count). The van der Waals surface area contributed by atoms with Crippen LogP contribution in [0.5, 0.6) is 0 Å². The van der Waals surface area contributed by atoms with E-state index >= 15 is 0 Å². The number of carboxylic acids is 1. The maximum atomic E-state index is 13.6. The molecule has 7 heteroatoms. The first kappa shape index (κ1) is 20.7. The molecule has 142 valence electrons. The van der Waals surface area contributed by atoms with E-state index in [9.17, 15) is 14.5 Å². The first-order valence-electron chi connectivity index (χ1n) is 8.46. The van der Waals surface area contributed by atoms with Crippen molar-refractivity contribution in [2.24, 2.45) is 0 Å². The molecule has 1 aromatic carbocycles. The molecule has 0 aliphatic heterocycles. The maximum Gasteiger partial charge on any atom is 0.348 e. The molecule has 0 spiro atoms. The number of thiophene rings is 1. The lowest BCUT2D eigenvalue weighted by Gasteiger charge is -2.22. The molecule has 0 aliphatic carbocycles. The van der Waals surface area contributed by atoms with Crippen molar-refractivity contribution >= 4 is 35.8 Å². The van der Waals surface area contributed by atoms with Gasteiger partial charge in [0.05, 0.1) is 17.6 Å². The van der Waals surface area contributed by atoms with Gasteiger partial charge >= 0.3 is 13.5 Å². The topological polar surface area (TPSA) is 75.6 Å². The molecule has 1 unspecified atom stereocenters. The van der Waals surface area contributed by atoms with Crippen LogP contribution in [0.3, 0.4) is 0 Å². The maximum absolute atomic E-state index is 13.6. The third kappa shape index (κ3) is 4.37. The zero-order valence-electron chi connectivity index (χ0n) is 16.0. The molecule has 0 aliphatic rings. The molecule has 1 aromatic heterocycles. The summed E-state index contributed by atoms with van der Waals surface area (Å²) in [5.74, 6) is -1.04. The van der Waals surface area contributed by atoms with Gasteiger partial charge < -0.3 is 14.7 Å². The molecule has 1 atom stereocenters. The Balaban J connectivity index is 2.55. The van der Waals surface area contributed by atoms with E-state index in [0.29, 0.717) is 11.0 Å². The Morgan fingerprint density at radius 1 is 1.27 bits per heavy atom. The van der Waals surface area contributed by atoms with Crippen molar-refractivity contribution in [2.45, 2.75) is 47.0 Å². The number of hydrogen-bond donors (Lipinski definition) is 2. The van der Waals surface area contributed by atoms with Crippen LogP contribution in [0, 0.1) is 13.8 Å². The molecule has 0 saturated heterocycles. The molecule has 5 nitrogen and oxygen atoms in total. The van der Waals surface area contributed by atoms with E-state index in [1.807, 2.05) is 46.8 Å². The zero-order valence-corrected chi connectivity index (χ0v) is 17.8. The fraction of sp³-hybridized carbons (Fsp3) is 0.421. The summed E-state index contributed by atoms with van der Waals surface area (Å²) < 4.78 is 19.3. The molecule has 1 heterocycles. The monoisotopic (exact) mass is 395 g/mol. The Hall–Kier alpha value is -1.62. The van der Waals surface area contributed by atoms with Crippen molar-refractivity contribution < 1.29 is 19.0 Å². The van der Waals surface area contributed by atoms with Crippen molar-refractivity contribution in [3.8, 4) is 0 Å². The minimum absolute atomic E-state index is 0.139. The molecule has 2 N–H and O–H groups in total. The minimum Gasteiger partial charge on any atom is -0.477 e. The van der Waals surface area contributed by atoms with E-state index in [1.165, 1.54) is 11.3 Å². The second-order valence-electron chi connectivity index (χ2n) is 7.28. The first-order valence-corrected chi connectivity index (χ1v) is 10.9. The summed E-state index contributed by atoms with van der Waals surface area (Å²) in [4.78, 5) is 12.7. The summed E-state index contributed by atoms with van der Waals surface area (Å²) in [7, 11) is -3.46. The lowest BCUT2D eigenvalue weighted by molar-refractivity contribution is 0.0703. The average Bonchev–Trinajstić information content (AvgIpc) is 2.91. The highest BCUT2D eigenvalue weighted by atomic mass is 32.1. The Morgan fingerprint density at radius 3 is 2.42 bits per heavy atom. The lowest BCUT2D eigenvalue weighted by atomic mass is 9.95. The fourth-order valence-electron chi connectivity index (χ4n) is 2.64. The van der Waals surface area contributed by atoms with Gasteiger partial charge in [0.2, 0.25) is 0 Å². The van der Waals surface area contributed by atoms with Crippen LogP contribution >= 0.6 is 18.9 Å². The predicted molar refractivity (Wildman–Crippen MR) is 108 cm³/mol. The highest BCUT2D eigenvalue weighted by molar-refractivity contribution is 7.68. The smallest absolute Gasteiger partial charge is 0.348 e. The zero-order chi connectivity index (χ0) is 19.7. The van der Waals surface area contributed by atoms with E-state index < -0.39 is 13.5 Å². The third-order valence-corrected chi connectivity index (χ3v) is 7.76. The van der Waals surface area contributed by atoms with Crippen molar-refractivity contribution in [1.29, 1.82) is 0 Å². The Kier molecular flexibility index (Phi) is 6.01. The summed E-state index contributed by atoms with van der Waals surface area (Å²) in [5, 5.41) is 13.1. The van der Waals surface area contributed by atoms with Gasteiger partial charge in [-0.15, -0.1) is 11.3 Å². The first-order chi connectivity index (χ1) is 12.0. The number of hydrogen-bond acceptors (Lipinski definition) is 4. The van der Waals surface area contributed by atoms with E-state index in [1.54, 1.807) is 19.1 Å². The van der Waals surface area contributed by atoms with E-state index in [0.717, 1.165) is 16.0 Å². The normalized spacial score (nSPS) is 14.1.